The average Bonchev–Trinajstić information content (AvgIpc) is 3.41. The van der Waals surface area contributed by atoms with E-state index in [0.29, 0.717) is 29.7 Å². The number of pyridine rings is 1. The zero-order chi connectivity index (χ0) is 28.2. The second-order valence-electron chi connectivity index (χ2n) is 10.1. The number of thiazole rings is 1. The normalized spacial score (nSPS) is 12.4. The Balaban J connectivity index is 0.00000353. The second-order valence-corrected chi connectivity index (χ2v) is 11.1. The fraction of sp³-hybridized carbons (Fsp3) is 0.147. The second kappa shape index (κ2) is 13.0. The Hall–Kier alpha value is -3.75. The number of aliphatic carboxylic acids is 1. The number of benzene rings is 4. The molecule has 0 saturated carbocycles. The first-order valence-corrected chi connectivity index (χ1v) is 14.2. The minimum absolute atomic E-state index is 0. The van der Waals surface area contributed by atoms with Crippen LogP contribution in [0.3, 0.4) is 0 Å². The molecule has 0 saturated heterocycles. The number of carbonyl (C=O) groups excluding carboxylic acids is 1. The molecule has 0 aliphatic rings. The van der Waals surface area contributed by atoms with E-state index in [0.717, 1.165) is 37.9 Å². The van der Waals surface area contributed by atoms with Crippen molar-refractivity contribution in [1.29, 1.82) is 0 Å². The number of hydrogen-bond acceptors (Lipinski definition) is 7. The molecular formula is C34H27N2NaO4S. The van der Waals surface area contributed by atoms with E-state index in [9.17, 15) is 9.90 Å². The number of carboxylic acids is 1. The largest absolute Gasteiger partial charge is 1.00 e. The number of aromatic nitrogens is 2. The van der Waals surface area contributed by atoms with E-state index < -0.39 is 11.4 Å². The molecule has 0 aliphatic heterocycles. The Labute approximate surface area is 270 Å². The third kappa shape index (κ3) is 6.66. The summed E-state index contributed by atoms with van der Waals surface area (Å²) in [6.45, 7) is 2.40. The maximum atomic E-state index is 11.4. The van der Waals surface area contributed by atoms with Crippen LogP contribution < -0.4 is 44.1 Å². The molecule has 1 atom stereocenters. The quantitative estimate of drug-likeness (QED) is 0.227. The first kappa shape index (κ1) is 29.7. The van der Waals surface area contributed by atoms with Crippen molar-refractivity contribution in [2.45, 2.75) is 31.8 Å². The summed E-state index contributed by atoms with van der Waals surface area (Å²) in [7, 11) is 0. The van der Waals surface area contributed by atoms with Crippen molar-refractivity contribution in [3.8, 4) is 16.7 Å². The van der Waals surface area contributed by atoms with Gasteiger partial charge in [0.05, 0.1) is 21.4 Å². The SMILES string of the molecule is CC(CCC(=O)[O-])(c1ccc(OCc2ccc3ccccc3n2)cc1)c1ccc(Oc2nc3ccccc3s2)cc1.[Na+]. The Morgan fingerprint density at radius 2 is 1.43 bits per heavy atom. The van der Waals surface area contributed by atoms with Crippen LogP contribution in [-0.2, 0) is 16.8 Å². The molecule has 4 aromatic carbocycles. The molecular weight excluding hydrogens is 555 g/mol. The topological polar surface area (TPSA) is 84.4 Å². The molecule has 2 heterocycles. The summed E-state index contributed by atoms with van der Waals surface area (Å²) in [5.41, 5.74) is 4.08. The number of fused-ring (bicyclic) bond motifs is 2. The Morgan fingerprint density at radius 1 is 0.786 bits per heavy atom. The van der Waals surface area contributed by atoms with Crippen molar-refractivity contribution in [2.75, 3.05) is 0 Å². The van der Waals surface area contributed by atoms with Gasteiger partial charge in [-0.3, -0.25) is 0 Å². The van der Waals surface area contributed by atoms with E-state index in [1.807, 2.05) is 116 Å². The summed E-state index contributed by atoms with van der Waals surface area (Å²) in [5, 5.41) is 13.1. The summed E-state index contributed by atoms with van der Waals surface area (Å²) in [6.07, 6.45) is 0.320. The van der Waals surface area contributed by atoms with Gasteiger partial charge in [0.15, 0.2) is 0 Å². The maximum Gasteiger partial charge on any atom is 1.00 e. The summed E-state index contributed by atoms with van der Waals surface area (Å²) < 4.78 is 13.1. The van der Waals surface area contributed by atoms with E-state index in [1.54, 1.807) is 0 Å². The van der Waals surface area contributed by atoms with Crippen LogP contribution in [0.2, 0.25) is 0 Å². The van der Waals surface area contributed by atoms with Crippen molar-refractivity contribution in [3.05, 3.63) is 126 Å². The van der Waals surface area contributed by atoms with E-state index >= 15 is 0 Å². The van der Waals surface area contributed by atoms with Gasteiger partial charge in [0, 0.05) is 16.8 Å². The first-order valence-electron chi connectivity index (χ1n) is 13.4. The molecule has 0 N–H and O–H groups in total. The van der Waals surface area contributed by atoms with Crippen LogP contribution >= 0.6 is 11.3 Å². The minimum Gasteiger partial charge on any atom is -0.550 e. The molecule has 204 valence electrons. The number of nitrogens with zero attached hydrogens (tertiary/aromatic N) is 2. The van der Waals surface area contributed by atoms with Gasteiger partial charge in [0.25, 0.3) is 5.19 Å². The van der Waals surface area contributed by atoms with Gasteiger partial charge in [-0.15, -0.1) is 0 Å². The molecule has 8 heteroatoms. The molecule has 2 aromatic heterocycles. The summed E-state index contributed by atoms with van der Waals surface area (Å²) in [5.74, 6) is 0.307. The van der Waals surface area contributed by atoms with Crippen LogP contribution in [-0.4, -0.2) is 15.9 Å². The molecule has 6 aromatic rings. The van der Waals surface area contributed by atoms with Crippen LogP contribution in [0.1, 0.15) is 36.6 Å². The number of para-hydroxylation sites is 2. The monoisotopic (exact) mass is 582 g/mol. The minimum atomic E-state index is -1.07. The van der Waals surface area contributed by atoms with Crippen molar-refractivity contribution in [3.63, 3.8) is 0 Å². The first-order chi connectivity index (χ1) is 20.0. The molecule has 1 unspecified atom stereocenters. The van der Waals surface area contributed by atoms with Gasteiger partial charge < -0.3 is 19.4 Å². The van der Waals surface area contributed by atoms with Crippen LogP contribution in [0.25, 0.3) is 21.1 Å². The fourth-order valence-electron chi connectivity index (χ4n) is 4.96. The molecule has 6 nitrogen and oxygen atoms in total. The van der Waals surface area contributed by atoms with Crippen molar-refractivity contribution < 1.29 is 48.9 Å². The molecule has 0 spiro atoms. The molecule has 0 amide bonds. The van der Waals surface area contributed by atoms with Gasteiger partial charge in [-0.2, -0.15) is 0 Å². The van der Waals surface area contributed by atoms with Crippen molar-refractivity contribution in [2.24, 2.45) is 0 Å². The Morgan fingerprint density at radius 3 is 2.12 bits per heavy atom. The van der Waals surface area contributed by atoms with Gasteiger partial charge in [0.1, 0.15) is 18.1 Å². The smallest absolute Gasteiger partial charge is 0.550 e. The third-order valence-electron chi connectivity index (χ3n) is 7.33. The zero-order valence-corrected chi connectivity index (χ0v) is 26.3. The summed E-state index contributed by atoms with van der Waals surface area (Å²) in [4.78, 5) is 20.6. The molecule has 0 fully saturated rings. The van der Waals surface area contributed by atoms with Gasteiger partial charge in [0.2, 0.25) is 0 Å². The maximum absolute atomic E-state index is 11.4. The predicted molar refractivity (Wildman–Crippen MR) is 159 cm³/mol. The van der Waals surface area contributed by atoms with Crippen LogP contribution in [0.15, 0.2) is 109 Å². The van der Waals surface area contributed by atoms with Crippen LogP contribution in [0, 0.1) is 0 Å². The molecule has 6 rings (SSSR count). The predicted octanol–water partition coefficient (Wildman–Crippen LogP) is 4.06. The number of carboxylic acid groups (broad SMARTS) is 1. The van der Waals surface area contributed by atoms with Crippen molar-refractivity contribution >= 4 is 38.4 Å². The summed E-state index contributed by atoms with van der Waals surface area (Å²) in [6, 6.07) is 35.5. The van der Waals surface area contributed by atoms with E-state index in [-0.39, 0.29) is 36.0 Å². The van der Waals surface area contributed by atoms with Crippen molar-refractivity contribution in [1.82, 2.24) is 9.97 Å². The number of rotatable bonds is 10. The Kier molecular flexibility index (Phi) is 9.24. The summed E-state index contributed by atoms with van der Waals surface area (Å²) >= 11 is 1.49. The van der Waals surface area contributed by atoms with Crippen LogP contribution in [0.5, 0.6) is 16.7 Å². The molecule has 0 radical (unpaired) electrons. The van der Waals surface area contributed by atoms with Gasteiger partial charge >= 0.3 is 29.6 Å². The molecule has 0 bridgehead atoms. The molecule has 42 heavy (non-hydrogen) atoms. The fourth-order valence-corrected chi connectivity index (χ4v) is 5.79. The van der Waals surface area contributed by atoms with Gasteiger partial charge in [-0.25, -0.2) is 9.97 Å². The average molecular weight is 583 g/mol. The number of hydrogen-bond donors (Lipinski definition) is 0. The number of ether oxygens (including phenoxy) is 2. The van der Waals surface area contributed by atoms with Gasteiger partial charge in [-0.1, -0.05) is 78.9 Å². The van der Waals surface area contributed by atoms with Gasteiger partial charge in [-0.05, 0) is 72.5 Å². The third-order valence-corrected chi connectivity index (χ3v) is 8.25. The van der Waals surface area contributed by atoms with Crippen LogP contribution in [0.4, 0.5) is 0 Å². The number of carbonyl (C=O) groups is 1. The molecule has 0 aliphatic carbocycles. The van der Waals surface area contributed by atoms with E-state index in [4.69, 9.17) is 9.47 Å². The standard InChI is InChI=1S/C34H28N2O4S.Na/c1-34(21-20-32(37)38,25-13-18-28(19-14-25)40-33-36-30-8-4-5-9-31(30)41-33)24-11-16-27(17-12-24)39-22-26-15-10-23-6-2-3-7-29(23)35-26;/h2-19H,20-22H2,1H3,(H,37,38);/q;+1/p-1. The van der Waals surface area contributed by atoms with E-state index in [2.05, 4.69) is 9.97 Å². The van der Waals surface area contributed by atoms with E-state index in [1.165, 1.54) is 11.3 Å². The Bertz CT molecular complexity index is 1790. The zero-order valence-electron chi connectivity index (χ0n) is 23.4.